The minimum absolute atomic E-state index is 0.227. The summed E-state index contributed by atoms with van der Waals surface area (Å²) in [7, 11) is 1.31. The number of halogens is 1. The van der Waals surface area contributed by atoms with E-state index < -0.39 is 0 Å². The number of nitrogens with zero attached hydrogens (tertiary/aromatic N) is 4. The van der Waals surface area contributed by atoms with Crippen LogP contribution in [0.4, 0.5) is 4.39 Å². The van der Waals surface area contributed by atoms with E-state index in [1.54, 1.807) is 18.3 Å². The minimum Gasteiger partial charge on any atom is -0.471 e. The first kappa shape index (κ1) is 16.0. The number of aromatic nitrogens is 4. The minimum atomic E-state index is -0.227. The molecule has 0 unspecified atom stereocenters. The Bertz CT molecular complexity index is 874. The van der Waals surface area contributed by atoms with Crippen molar-refractivity contribution in [3.05, 3.63) is 42.0 Å². The lowest BCUT2D eigenvalue weighted by Gasteiger charge is -2.07. The summed E-state index contributed by atoms with van der Waals surface area (Å²) in [6, 6.07) is 7.13. The van der Waals surface area contributed by atoms with Gasteiger partial charge in [0.2, 0.25) is 0 Å². The Morgan fingerprint density at radius 2 is 2.08 bits per heavy atom. The number of methoxy groups -OCH3 is 1. The number of hydrogen-bond acceptors (Lipinski definition) is 5. The lowest BCUT2D eigenvalue weighted by Crippen LogP contribution is -1.99. The number of ether oxygens (including phenoxy) is 1. The lowest BCUT2D eigenvalue weighted by atomic mass is 10.2. The smallest absolute Gasteiger partial charge is 0.292 e. The summed E-state index contributed by atoms with van der Waals surface area (Å²) in [4.78, 5) is 13.6. The Kier molecular flexibility index (Phi) is 4.50. The highest BCUT2D eigenvalue weighted by Gasteiger charge is 2.29. The van der Waals surface area contributed by atoms with Gasteiger partial charge in [0, 0.05) is 11.6 Å². The SMILES string of the molecule is COC=O.Cc1cc(-c2nc3ccc(F)cc3n2C2CC2)cnn1. The van der Waals surface area contributed by atoms with Gasteiger partial charge >= 0.3 is 0 Å². The van der Waals surface area contributed by atoms with E-state index in [9.17, 15) is 4.39 Å². The van der Waals surface area contributed by atoms with Crippen LogP contribution in [0, 0.1) is 12.7 Å². The van der Waals surface area contributed by atoms with Crippen molar-refractivity contribution in [2.75, 3.05) is 7.11 Å². The molecule has 0 bridgehead atoms. The molecule has 24 heavy (non-hydrogen) atoms. The Balaban J connectivity index is 0.000000383. The topological polar surface area (TPSA) is 69.9 Å². The molecule has 0 spiro atoms. The molecule has 6 nitrogen and oxygen atoms in total. The second-order valence-electron chi connectivity index (χ2n) is 5.59. The van der Waals surface area contributed by atoms with Crippen molar-refractivity contribution < 1.29 is 13.9 Å². The predicted octanol–water partition coefficient (Wildman–Crippen LogP) is 3.06. The van der Waals surface area contributed by atoms with Crippen molar-refractivity contribution >= 4 is 17.5 Å². The quantitative estimate of drug-likeness (QED) is 0.691. The van der Waals surface area contributed by atoms with Crippen LogP contribution in [-0.4, -0.2) is 33.3 Å². The normalized spacial score (nSPS) is 13.3. The van der Waals surface area contributed by atoms with Crippen LogP contribution in [0.3, 0.4) is 0 Å². The van der Waals surface area contributed by atoms with E-state index in [4.69, 9.17) is 4.79 Å². The fourth-order valence-corrected chi connectivity index (χ4v) is 2.57. The summed E-state index contributed by atoms with van der Waals surface area (Å²) in [5, 5.41) is 7.97. The van der Waals surface area contributed by atoms with Gasteiger partial charge in [0.25, 0.3) is 6.47 Å². The van der Waals surface area contributed by atoms with Gasteiger partial charge in [-0.3, -0.25) is 4.79 Å². The molecule has 0 N–H and O–H groups in total. The van der Waals surface area contributed by atoms with Gasteiger partial charge < -0.3 is 9.30 Å². The van der Waals surface area contributed by atoms with Crippen molar-refractivity contribution in [1.82, 2.24) is 19.7 Å². The number of carbonyl (C=O) groups is 1. The number of hydrogen-bond donors (Lipinski definition) is 0. The maximum absolute atomic E-state index is 13.5. The van der Waals surface area contributed by atoms with Gasteiger partial charge in [0.05, 0.1) is 30.0 Å². The molecule has 2 heterocycles. The average molecular weight is 328 g/mol. The van der Waals surface area contributed by atoms with Gasteiger partial charge in [0.1, 0.15) is 11.6 Å². The van der Waals surface area contributed by atoms with E-state index in [0.717, 1.165) is 41.0 Å². The zero-order valence-corrected chi connectivity index (χ0v) is 13.4. The van der Waals surface area contributed by atoms with E-state index in [1.807, 2.05) is 13.0 Å². The van der Waals surface area contributed by atoms with Crippen molar-refractivity contribution in [3.63, 3.8) is 0 Å². The van der Waals surface area contributed by atoms with Crippen LogP contribution in [-0.2, 0) is 9.53 Å². The summed E-state index contributed by atoms with van der Waals surface area (Å²) < 4.78 is 19.5. The van der Waals surface area contributed by atoms with E-state index in [1.165, 1.54) is 13.2 Å². The fourth-order valence-electron chi connectivity index (χ4n) is 2.57. The number of rotatable bonds is 3. The van der Waals surface area contributed by atoms with Crippen LogP contribution in [0.15, 0.2) is 30.5 Å². The Labute approximate surface area is 138 Å². The van der Waals surface area contributed by atoms with Crippen molar-refractivity contribution in [2.24, 2.45) is 0 Å². The van der Waals surface area contributed by atoms with Crippen LogP contribution in [0.1, 0.15) is 24.6 Å². The summed E-state index contributed by atoms with van der Waals surface area (Å²) in [6.45, 7) is 2.28. The highest BCUT2D eigenvalue weighted by atomic mass is 19.1. The summed E-state index contributed by atoms with van der Waals surface area (Å²) in [5.74, 6) is 0.626. The van der Waals surface area contributed by atoms with E-state index in [-0.39, 0.29) is 5.82 Å². The highest BCUT2D eigenvalue weighted by Crippen LogP contribution is 2.41. The molecule has 7 heteroatoms. The Morgan fingerprint density at radius 3 is 2.71 bits per heavy atom. The molecule has 1 saturated carbocycles. The lowest BCUT2D eigenvalue weighted by molar-refractivity contribution is -0.126. The molecular formula is C17H17FN4O2. The van der Waals surface area contributed by atoms with E-state index in [0.29, 0.717) is 12.5 Å². The first-order valence-electron chi connectivity index (χ1n) is 7.57. The molecule has 0 amide bonds. The summed E-state index contributed by atoms with van der Waals surface area (Å²) >= 11 is 0. The van der Waals surface area contributed by atoms with Crippen LogP contribution in [0.2, 0.25) is 0 Å². The largest absolute Gasteiger partial charge is 0.471 e. The molecule has 0 aliphatic heterocycles. The maximum atomic E-state index is 13.5. The fraction of sp³-hybridized carbons (Fsp3) is 0.294. The Hall–Kier alpha value is -2.83. The second-order valence-corrected chi connectivity index (χ2v) is 5.59. The van der Waals surface area contributed by atoms with Gasteiger partial charge in [-0.05, 0) is 44.0 Å². The van der Waals surface area contributed by atoms with Crippen molar-refractivity contribution in [1.29, 1.82) is 0 Å². The van der Waals surface area contributed by atoms with E-state index >= 15 is 0 Å². The van der Waals surface area contributed by atoms with Crippen molar-refractivity contribution in [3.8, 4) is 11.4 Å². The predicted molar refractivity (Wildman–Crippen MR) is 86.8 cm³/mol. The average Bonchev–Trinajstić information content (AvgIpc) is 3.35. The number of carbonyl (C=O) groups excluding carboxylic acids is 1. The van der Waals surface area contributed by atoms with Crippen molar-refractivity contribution in [2.45, 2.75) is 25.8 Å². The summed E-state index contributed by atoms with van der Waals surface area (Å²) in [6.07, 6.45) is 3.95. The highest BCUT2D eigenvalue weighted by molar-refractivity contribution is 5.81. The Morgan fingerprint density at radius 1 is 1.33 bits per heavy atom. The third kappa shape index (κ3) is 3.24. The molecule has 3 aromatic rings. The number of aryl methyl sites for hydroxylation is 1. The van der Waals surface area contributed by atoms with Crippen LogP contribution < -0.4 is 0 Å². The van der Waals surface area contributed by atoms with Gasteiger partial charge in [-0.15, -0.1) is 0 Å². The number of benzene rings is 1. The molecule has 1 aliphatic carbocycles. The molecule has 0 saturated heterocycles. The molecule has 1 aromatic carbocycles. The molecule has 4 rings (SSSR count). The molecule has 124 valence electrons. The molecule has 2 aromatic heterocycles. The third-order valence-electron chi connectivity index (χ3n) is 3.69. The molecular weight excluding hydrogens is 311 g/mol. The van der Waals surface area contributed by atoms with E-state index in [2.05, 4.69) is 24.5 Å². The third-order valence-corrected chi connectivity index (χ3v) is 3.69. The number of fused-ring (bicyclic) bond motifs is 1. The number of imidazole rings is 1. The maximum Gasteiger partial charge on any atom is 0.292 e. The van der Waals surface area contributed by atoms with Gasteiger partial charge in [0.15, 0.2) is 0 Å². The van der Waals surface area contributed by atoms with Gasteiger partial charge in [-0.2, -0.15) is 10.2 Å². The molecule has 0 atom stereocenters. The zero-order valence-electron chi connectivity index (χ0n) is 13.4. The second kappa shape index (κ2) is 6.74. The molecule has 1 fully saturated rings. The first-order chi connectivity index (χ1) is 11.6. The first-order valence-corrected chi connectivity index (χ1v) is 7.57. The van der Waals surface area contributed by atoms with Gasteiger partial charge in [-0.1, -0.05) is 0 Å². The van der Waals surface area contributed by atoms with Crippen LogP contribution in [0.5, 0.6) is 0 Å². The van der Waals surface area contributed by atoms with Crippen LogP contribution >= 0.6 is 0 Å². The molecule has 1 aliphatic rings. The zero-order chi connectivity index (χ0) is 17.1. The van der Waals surface area contributed by atoms with Crippen LogP contribution in [0.25, 0.3) is 22.4 Å². The monoisotopic (exact) mass is 328 g/mol. The summed E-state index contributed by atoms with van der Waals surface area (Å²) in [5.41, 5.74) is 3.46. The van der Waals surface area contributed by atoms with Gasteiger partial charge in [-0.25, -0.2) is 9.37 Å². The standard InChI is InChI=1S/C15H13FN4.C2H4O2/c1-9-6-10(8-17-19-9)15-18-13-5-2-11(16)7-14(13)20(15)12-3-4-12;1-4-2-3/h2,5-8,12H,3-4H2,1H3;2H,1H3. The molecule has 0 radical (unpaired) electrons.